The molecular weight excluding hydrogens is 366 g/mol. The van der Waals surface area contributed by atoms with E-state index >= 15 is 0 Å². The van der Waals surface area contributed by atoms with Crippen molar-refractivity contribution in [2.24, 2.45) is 5.73 Å². The third-order valence-electron chi connectivity index (χ3n) is 5.51. The topological polar surface area (TPSA) is 79.7 Å². The van der Waals surface area contributed by atoms with Crippen LogP contribution in [0.15, 0.2) is 48.8 Å². The Kier molecular flexibility index (Phi) is 6.47. The first-order valence-corrected chi connectivity index (χ1v) is 10.3. The minimum atomic E-state index is -0.0608. The van der Waals surface area contributed by atoms with Crippen molar-refractivity contribution in [2.75, 3.05) is 45.9 Å². The molecule has 1 aromatic carbocycles. The Morgan fingerprint density at radius 1 is 1.03 bits per heavy atom. The van der Waals surface area contributed by atoms with Crippen LogP contribution in [0, 0.1) is 11.3 Å². The molecule has 7 nitrogen and oxygen atoms in total. The number of rotatable bonds is 8. The molecule has 2 fully saturated rings. The van der Waals surface area contributed by atoms with Crippen molar-refractivity contribution in [3.05, 3.63) is 54.4 Å². The first-order chi connectivity index (χ1) is 14.2. The molecular formula is C22H29N5O2. The molecule has 2 N–H and O–H groups in total. The van der Waals surface area contributed by atoms with Gasteiger partial charge in [-0.15, -0.1) is 0 Å². The zero-order valence-electron chi connectivity index (χ0n) is 16.7. The molecule has 0 spiro atoms. The van der Waals surface area contributed by atoms with Gasteiger partial charge in [0.1, 0.15) is 12.4 Å². The van der Waals surface area contributed by atoms with Crippen molar-refractivity contribution in [2.45, 2.75) is 24.8 Å². The fourth-order valence-electron chi connectivity index (χ4n) is 4.18. The summed E-state index contributed by atoms with van der Waals surface area (Å²) in [4.78, 5) is 4.93. The van der Waals surface area contributed by atoms with Crippen LogP contribution in [0.1, 0.15) is 5.56 Å². The van der Waals surface area contributed by atoms with Crippen molar-refractivity contribution in [1.82, 2.24) is 14.4 Å². The van der Waals surface area contributed by atoms with E-state index in [2.05, 4.69) is 45.0 Å². The lowest BCUT2D eigenvalue weighted by Crippen LogP contribution is -2.61. The maximum absolute atomic E-state index is 8.86. The normalized spacial score (nSPS) is 23.4. The van der Waals surface area contributed by atoms with E-state index in [1.54, 1.807) is 12.1 Å². The molecule has 0 saturated carbocycles. The van der Waals surface area contributed by atoms with E-state index in [0.717, 1.165) is 51.6 Å². The van der Waals surface area contributed by atoms with Crippen molar-refractivity contribution < 1.29 is 9.47 Å². The highest BCUT2D eigenvalue weighted by molar-refractivity contribution is 5.34. The third-order valence-corrected chi connectivity index (χ3v) is 5.51. The van der Waals surface area contributed by atoms with Crippen LogP contribution in [0.4, 0.5) is 0 Å². The molecule has 2 saturated heterocycles. The minimum Gasteiger partial charge on any atom is -0.492 e. The zero-order chi connectivity index (χ0) is 20.1. The second-order valence-corrected chi connectivity index (χ2v) is 7.99. The summed E-state index contributed by atoms with van der Waals surface area (Å²) in [5.41, 5.74) is 6.94. The number of benzene rings is 1. The standard InChI is InChI=1S/C22H29N5O2/c23-11-18-3-5-20(6-4-18)28-17-19(24)12-27-15-21-13-26(14-22(16-27)29-21)10-9-25-7-1-2-8-25/h1-8,19,21-22H,9-10,12-17,24H2/t19-,21?,22?/m1/s1. The van der Waals surface area contributed by atoms with Gasteiger partial charge in [-0.3, -0.25) is 9.80 Å². The summed E-state index contributed by atoms with van der Waals surface area (Å²) >= 11 is 0. The quantitative estimate of drug-likeness (QED) is 0.722. The van der Waals surface area contributed by atoms with Gasteiger partial charge in [-0.1, -0.05) is 0 Å². The Balaban J connectivity index is 1.19. The van der Waals surface area contributed by atoms with Gasteiger partial charge >= 0.3 is 0 Å². The summed E-state index contributed by atoms with van der Waals surface area (Å²) in [6.07, 6.45) is 4.73. The molecule has 2 aliphatic heterocycles. The Labute approximate surface area is 172 Å². The lowest BCUT2D eigenvalue weighted by atomic mass is 10.1. The number of morpholine rings is 2. The summed E-state index contributed by atoms with van der Waals surface area (Å²) in [6.45, 7) is 7.13. The van der Waals surface area contributed by atoms with Gasteiger partial charge in [0, 0.05) is 58.2 Å². The van der Waals surface area contributed by atoms with Gasteiger partial charge in [0.15, 0.2) is 0 Å². The van der Waals surface area contributed by atoms with Crippen LogP contribution in [0.3, 0.4) is 0 Å². The molecule has 1 aromatic heterocycles. The van der Waals surface area contributed by atoms with E-state index in [1.165, 1.54) is 0 Å². The van der Waals surface area contributed by atoms with Crippen molar-refractivity contribution >= 4 is 0 Å². The van der Waals surface area contributed by atoms with Crippen molar-refractivity contribution in [3.8, 4) is 11.8 Å². The first-order valence-electron chi connectivity index (χ1n) is 10.3. The molecule has 7 heteroatoms. The maximum atomic E-state index is 8.86. The molecule has 4 rings (SSSR count). The molecule has 0 radical (unpaired) electrons. The Hall–Kier alpha value is -2.37. The zero-order valence-corrected chi connectivity index (χ0v) is 16.7. The number of ether oxygens (including phenoxy) is 2. The third kappa shape index (κ3) is 5.58. The summed E-state index contributed by atoms with van der Waals surface area (Å²) in [6, 6.07) is 13.3. The average Bonchev–Trinajstić information content (AvgIpc) is 3.24. The summed E-state index contributed by atoms with van der Waals surface area (Å²) in [5, 5.41) is 8.86. The van der Waals surface area contributed by atoms with Crippen LogP contribution in [0.25, 0.3) is 0 Å². The Bertz CT molecular complexity index is 788. The van der Waals surface area contributed by atoms with E-state index in [4.69, 9.17) is 20.5 Å². The van der Waals surface area contributed by atoms with Crippen molar-refractivity contribution in [3.63, 3.8) is 0 Å². The number of nitrogens with zero attached hydrogens (tertiary/aromatic N) is 4. The fraction of sp³-hybridized carbons (Fsp3) is 0.500. The second-order valence-electron chi connectivity index (χ2n) is 7.99. The lowest BCUT2D eigenvalue weighted by Gasteiger charge is -2.46. The van der Waals surface area contributed by atoms with E-state index in [1.807, 2.05) is 12.1 Å². The molecule has 0 aliphatic carbocycles. The molecule has 2 unspecified atom stereocenters. The first kappa shape index (κ1) is 19.9. The fourth-order valence-corrected chi connectivity index (χ4v) is 4.18. The summed E-state index contributed by atoms with van der Waals surface area (Å²) < 4.78 is 14.2. The van der Waals surface area contributed by atoms with E-state index < -0.39 is 0 Å². The number of aromatic nitrogens is 1. The summed E-state index contributed by atoms with van der Waals surface area (Å²) in [7, 11) is 0. The van der Waals surface area contributed by atoms with E-state index in [0.29, 0.717) is 12.2 Å². The highest BCUT2D eigenvalue weighted by Crippen LogP contribution is 2.19. The van der Waals surface area contributed by atoms with Gasteiger partial charge in [0.05, 0.1) is 29.9 Å². The van der Waals surface area contributed by atoms with E-state index in [-0.39, 0.29) is 18.2 Å². The van der Waals surface area contributed by atoms with Crippen LogP contribution >= 0.6 is 0 Å². The highest BCUT2D eigenvalue weighted by Gasteiger charge is 2.35. The second kappa shape index (κ2) is 9.42. The number of nitriles is 1. The molecule has 0 amide bonds. The SMILES string of the molecule is N#Cc1ccc(OC[C@H](N)CN2CC3CN(CCn4cccc4)CC(C2)O3)cc1. The molecule has 29 heavy (non-hydrogen) atoms. The number of hydrogen-bond acceptors (Lipinski definition) is 6. The molecule has 2 aromatic rings. The molecule has 154 valence electrons. The van der Waals surface area contributed by atoms with Crippen LogP contribution in [-0.4, -0.2) is 78.5 Å². The number of nitrogens with two attached hydrogens (primary N) is 1. The Morgan fingerprint density at radius 3 is 2.34 bits per heavy atom. The Morgan fingerprint density at radius 2 is 1.69 bits per heavy atom. The molecule has 3 atom stereocenters. The molecule has 2 aliphatic rings. The van der Waals surface area contributed by atoms with Gasteiger partial charge in [0.2, 0.25) is 0 Å². The highest BCUT2D eigenvalue weighted by atomic mass is 16.5. The van der Waals surface area contributed by atoms with Crippen LogP contribution < -0.4 is 10.5 Å². The van der Waals surface area contributed by atoms with Gasteiger partial charge in [-0.25, -0.2) is 0 Å². The minimum absolute atomic E-state index is 0.0608. The lowest BCUT2D eigenvalue weighted by molar-refractivity contribution is -0.139. The van der Waals surface area contributed by atoms with Crippen LogP contribution in [-0.2, 0) is 11.3 Å². The van der Waals surface area contributed by atoms with Crippen LogP contribution in [0.2, 0.25) is 0 Å². The van der Waals surface area contributed by atoms with Crippen molar-refractivity contribution in [1.29, 1.82) is 5.26 Å². The van der Waals surface area contributed by atoms with Gasteiger partial charge in [-0.05, 0) is 36.4 Å². The number of hydrogen-bond donors (Lipinski definition) is 1. The summed E-state index contributed by atoms with van der Waals surface area (Å²) in [5.74, 6) is 0.747. The van der Waals surface area contributed by atoms with Crippen LogP contribution in [0.5, 0.6) is 5.75 Å². The monoisotopic (exact) mass is 395 g/mol. The van der Waals surface area contributed by atoms with Gasteiger partial charge in [0.25, 0.3) is 0 Å². The maximum Gasteiger partial charge on any atom is 0.119 e. The van der Waals surface area contributed by atoms with E-state index in [9.17, 15) is 0 Å². The number of fused-ring (bicyclic) bond motifs is 2. The largest absolute Gasteiger partial charge is 0.492 e. The predicted octanol–water partition coefficient (Wildman–Crippen LogP) is 1.15. The van der Waals surface area contributed by atoms with Gasteiger partial charge in [-0.2, -0.15) is 5.26 Å². The molecule has 3 heterocycles. The predicted molar refractivity (Wildman–Crippen MR) is 111 cm³/mol. The smallest absolute Gasteiger partial charge is 0.119 e. The average molecular weight is 396 g/mol. The van der Waals surface area contributed by atoms with Gasteiger partial charge < -0.3 is 19.8 Å². The molecule has 2 bridgehead atoms.